The Balaban J connectivity index is 2.11. The quantitative estimate of drug-likeness (QED) is 0.611. The molecule has 0 bridgehead atoms. The molecule has 0 radical (unpaired) electrons. The molecule has 152 valence electrons. The van der Waals surface area contributed by atoms with Crippen LogP contribution in [0.5, 0.6) is 0 Å². The zero-order chi connectivity index (χ0) is 20.8. The van der Waals surface area contributed by atoms with Crippen molar-refractivity contribution in [3.05, 3.63) is 29.8 Å². The van der Waals surface area contributed by atoms with Gasteiger partial charge in [0.05, 0.1) is 18.4 Å². The third-order valence-electron chi connectivity index (χ3n) is 6.11. The van der Waals surface area contributed by atoms with Crippen LogP contribution in [0.1, 0.15) is 32.4 Å². The van der Waals surface area contributed by atoms with Gasteiger partial charge in [-0.15, -0.1) is 0 Å². The lowest BCUT2D eigenvalue weighted by molar-refractivity contribution is -0.158. The molecule has 2 amide bonds. The molecule has 0 spiro atoms. The number of anilines is 1. The summed E-state index contributed by atoms with van der Waals surface area (Å²) in [6, 6.07) is 7.39. The van der Waals surface area contributed by atoms with Gasteiger partial charge in [0.2, 0.25) is 11.8 Å². The summed E-state index contributed by atoms with van der Waals surface area (Å²) < 4.78 is 5.36. The fourth-order valence-corrected chi connectivity index (χ4v) is 4.56. The highest BCUT2D eigenvalue weighted by Gasteiger charge is 2.69. The molecule has 0 unspecified atom stereocenters. The Morgan fingerprint density at radius 1 is 1.21 bits per heavy atom. The number of hydrogen-bond acceptors (Lipinski definition) is 6. The fraction of sp³-hybridized carbons (Fsp3) is 0.571. The maximum absolute atomic E-state index is 13.1. The van der Waals surface area contributed by atoms with Gasteiger partial charge in [-0.05, 0) is 30.5 Å². The van der Waals surface area contributed by atoms with Gasteiger partial charge >= 0.3 is 5.97 Å². The predicted octanol–water partition coefficient (Wildman–Crippen LogP) is 1.59. The van der Waals surface area contributed by atoms with Crippen molar-refractivity contribution in [2.24, 2.45) is 17.8 Å². The number of nitrogens with zero attached hydrogens (tertiary/aromatic N) is 2. The topological polar surface area (TPSA) is 79.0 Å². The van der Waals surface area contributed by atoms with E-state index < -0.39 is 29.4 Å². The standard InChI is InChI=1S/C21H29N3O4/c1-7-28-20(27)21(12(2)3)16-15(18(25)24(6)19(16)26)17(22-21)13-8-10-14(11-9-13)23(4)5/h8-12,15-17,22H,7H2,1-6H3/t15-,16+,17-,21-/m1/s1. The summed E-state index contributed by atoms with van der Waals surface area (Å²) in [5.41, 5.74) is 0.678. The summed E-state index contributed by atoms with van der Waals surface area (Å²) >= 11 is 0. The maximum Gasteiger partial charge on any atom is 0.327 e. The average molecular weight is 387 g/mol. The van der Waals surface area contributed by atoms with E-state index in [0.29, 0.717) is 0 Å². The van der Waals surface area contributed by atoms with E-state index in [2.05, 4.69) is 5.32 Å². The molecule has 1 aromatic rings. The van der Waals surface area contributed by atoms with Crippen LogP contribution in [0.3, 0.4) is 0 Å². The van der Waals surface area contributed by atoms with Crippen molar-refractivity contribution in [3.8, 4) is 0 Å². The third-order valence-corrected chi connectivity index (χ3v) is 6.11. The minimum absolute atomic E-state index is 0.215. The smallest absolute Gasteiger partial charge is 0.327 e. The van der Waals surface area contributed by atoms with Gasteiger partial charge in [0, 0.05) is 32.9 Å². The maximum atomic E-state index is 13.1. The number of ether oxygens (including phenoxy) is 1. The molecule has 3 rings (SSSR count). The molecule has 2 aliphatic rings. The first-order valence-electron chi connectivity index (χ1n) is 9.70. The number of fused-ring (bicyclic) bond motifs is 1. The molecule has 2 saturated heterocycles. The Morgan fingerprint density at radius 3 is 2.32 bits per heavy atom. The van der Waals surface area contributed by atoms with Crippen molar-refractivity contribution in [1.82, 2.24) is 10.2 Å². The van der Waals surface area contributed by atoms with Crippen molar-refractivity contribution >= 4 is 23.5 Å². The molecule has 7 heteroatoms. The molecule has 0 aliphatic carbocycles. The zero-order valence-corrected chi connectivity index (χ0v) is 17.4. The Morgan fingerprint density at radius 2 is 1.82 bits per heavy atom. The summed E-state index contributed by atoms with van der Waals surface area (Å²) in [7, 11) is 5.40. The van der Waals surface area contributed by atoms with E-state index in [9.17, 15) is 14.4 Å². The van der Waals surface area contributed by atoms with Crippen LogP contribution >= 0.6 is 0 Å². The summed E-state index contributed by atoms with van der Waals surface area (Å²) in [6.07, 6.45) is 0. The molecule has 0 saturated carbocycles. The van der Waals surface area contributed by atoms with Crippen LogP contribution < -0.4 is 10.2 Å². The number of benzene rings is 1. The summed E-state index contributed by atoms with van der Waals surface area (Å²) in [4.78, 5) is 42.2. The first-order chi connectivity index (χ1) is 13.2. The van der Waals surface area contributed by atoms with Crippen molar-refractivity contribution in [2.45, 2.75) is 32.4 Å². The number of carbonyl (C=O) groups excluding carboxylic acids is 3. The van der Waals surface area contributed by atoms with Crippen LogP contribution in [-0.4, -0.2) is 56.0 Å². The summed E-state index contributed by atoms with van der Waals surface area (Å²) in [5.74, 6) is -2.68. The molecular formula is C21H29N3O4. The molecule has 7 nitrogen and oxygen atoms in total. The Bertz CT molecular complexity index is 789. The van der Waals surface area contributed by atoms with E-state index >= 15 is 0 Å². The Labute approximate surface area is 166 Å². The largest absolute Gasteiger partial charge is 0.465 e. The van der Waals surface area contributed by atoms with E-state index in [0.717, 1.165) is 16.2 Å². The van der Waals surface area contributed by atoms with E-state index in [4.69, 9.17) is 4.74 Å². The van der Waals surface area contributed by atoms with Gasteiger partial charge in [0.25, 0.3) is 0 Å². The summed E-state index contributed by atoms with van der Waals surface area (Å²) in [6.45, 7) is 5.72. The fourth-order valence-electron chi connectivity index (χ4n) is 4.56. The molecule has 4 atom stereocenters. The second-order valence-electron chi connectivity index (χ2n) is 8.09. The number of esters is 1. The molecule has 28 heavy (non-hydrogen) atoms. The zero-order valence-electron chi connectivity index (χ0n) is 17.4. The normalized spacial score (nSPS) is 29.4. The molecule has 1 aromatic carbocycles. The first-order valence-corrected chi connectivity index (χ1v) is 9.70. The van der Waals surface area contributed by atoms with E-state index in [-0.39, 0.29) is 24.3 Å². The van der Waals surface area contributed by atoms with Gasteiger partial charge in [-0.25, -0.2) is 0 Å². The molecule has 2 heterocycles. The van der Waals surface area contributed by atoms with Crippen molar-refractivity contribution in [2.75, 3.05) is 32.6 Å². The lowest BCUT2D eigenvalue weighted by Gasteiger charge is -2.36. The minimum Gasteiger partial charge on any atom is -0.465 e. The molecule has 2 fully saturated rings. The number of amides is 2. The lowest BCUT2D eigenvalue weighted by Crippen LogP contribution is -2.59. The van der Waals surface area contributed by atoms with Crippen LogP contribution in [0.15, 0.2) is 24.3 Å². The number of imide groups is 1. The number of nitrogens with one attached hydrogen (secondary N) is 1. The van der Waals surface area contributed by atoms with Gasteiger partial charge in [-0.1, -0.05) is 26.0 Å². The number of likely N-dealkylation sites (tertiary alicyclic amines) is 1. The van der Waals surface area contributed by atoms with Gasteiger partial charge in [0.15, 0.2) is 0 Å². The lowest BCUT2D eigenvalue weighted by atomic mass is 9.73. The Hall–Kier alpha value is -2.41. The number of hydrogen-bond donors (Lipinski definition) is 1. The average Bonchev–Trinajstić information content (AvgIpc) is 3.13. The van der Waals surface area contributed by atoms with Crippen molar-refractivity contribution in [1.29, 1.82) is 0 Å². The monoisotopic (exact) mass is 387 g/mol. The molecule has 2 aliphatic heterocycles. The highest BCUT2D eigenvalue weighted by molar-refractivity contribution is 6.09. The van der Waals surface area contributed by atoms with Gasteiger partial charge in [-0.3, -0.25) is 24.6 Å². The third kappa shape index (κ3) is 2.80. The predicted molar refractivity (Wildman–Crippen MR) is 106 cm³/mol. The second kappa shape index (κ2) is 7.20. The van der Waals surface area contributed by atoms with E-state index in [1.54, 1.807) is 6.92 Å². The van der Waals surface area contributed by atoms with Crippen LogP contribution in [0, 0.1) is 17.8 Å². The van der Waals surface area contributed by atoms with Gasteiger partial charge in [0.1, 0.15) is 5.54 Å². The second-order valence-corrected chi connectivity index (χ2v) is 8.09. The van der Waals surface area contributed by atoms with E-state index in [1.807, 2.05) is 57.1 Å². The molecule has 0 aromatic heterocycles. The minimum atomic E-state index is -1.23. The first kappa shape index (κ1) is 20.3. The highest BCUT2D eigenvalue weighted by Crippen LogP contribution is 2.51. The molecular weight excluding hydrogens is 358 g/mol. The molecule has 1 N–H and O–H groups in total. The number of carbonyl (C=O) groups is 3. The number of rotatable bonds is 5. The highest BCUT2D eigenvalue weighted by atomic mass is 16.5. The van der Waals surface area contributed by atoms with Crippen molar-refractivity contribution < 1.29 is 19.1 Å². The van der Waals surface area contributed by atoms with Crippen molar-refractivity contribution in [3.63, 3.8) is 0 Å². The SMILES string of the molecule is CCOC(=O)[C@]1(C(C)C)N[C@H](c2ccc(N(C)C)cc2)[C@@H]2C(=O)N(C)C(=O)[C@H]21. The van der Waals surface area contributed by atoms with Gasteiger partial charge < -0.3 is 9.64 Å². The van der Waals surface area contributed by atoms with E-state index in [1.165, 1.54) is 7.05 Å². The van der Waals surface area contributed by atoms with Crippen LogP contribution in [-0.2, 0) is 19.1 Å². The van der Waals surface area contributed by atoms with Crippen LogP contribution in [0.25, 0.3) is 0 Å². The summed E-state index contributed by atoms with van der Waals surface area (Å²) in [5, 5.41) is 3.38. The van der Waals surface area contributed by atoms with Crippen LogP contribution in [0.4, 0.5) is 5.69 Å². The Kier molecular flexibility index (Phi) is 5.23. The van der Waals surface area contributed by atoms with Crippen LogP contribution in [0.2, 0.25) is 0 Å². The van der Waals surface area contributed by atoms with Gasteiger partial charge in [-0.2, -0.15) is 0 Å².